The van der Waals surface area contributed by atoms with Gasteiger partial charge < -0.3 is 26.0 Å². The molecule has 170 valence electrons. The fourth-order valence-electron chi connectivity index (χ4n) is 3.29. The first-order valence-electron chi connectivity index (χ1n) is 9.50. The van der Waals surface area contributed by atoms with Gasteiger partial charge in [0.15, 0.2) is 0 Å². The number of benzene rings is 1. The molecule has 0 radical (unpaired) electrons. The molecule has 2 aliphatic heterocycles. The number of carboxylic acid groups (broad SMARTS) is 1. The van der Waals surface area contributed by atoms with Crippen molar-refractivity contribution in [2.75, 3.05) is 12.4 Å². The van der Waals surface area contributed by atoms with Crippen LogP contribution in [0.3, 0.4) is 0 Å². The fraction of sp³-hybridized carbons (Fsp3) is 0.350. The number of amides is 2. The predicted molar refractivity (Wildman–Crippen MR) is 111 cm³/mol. The maximum Gasteiger partial charge on any atom is 0.352 e. The summed E-state index contributed by atoms with van der Waals surface area (Å²) in [6.45, 7) is 0.866. The van der Waals surface area contributed by atoms with E-state index in [-0.39, 0.29) is 35.2 Å². The third kappa shape index (κ3) is 4.75. The summed E-state index contributed by atoms with van der Waals surface area (Å²) in [4.78, 5) is 60.6. The highest BCUT2D eigenvalue weighted by molar-refractivity contribution is 8.00. The largest absolute Gasteiger partial charge is 0.508 e. The summed E-state index contributed by atoms with van der Waals surface area (Å²) in [5.74, 6) is -3.63. The number of fused-ring (bicyclic) bond motifs is 1. The number of aliphatic carboxylic acids is 1. The normalized spacial score (nSPS) is 20.7. The second-order valence-corrected chi connectivity index (χ2v) is 8.37. The molecule has 0 saturated carbocycles. The van der Waals surface area contributed by atoms with Gasteiger partial charge in [-0.15, -0.1) is 11.8 Å². The molecular formula is C20H21N3O8S. The Morgan fingerprint density at radius 2 is 1.94 bits per heavy atom. The van der Waals surface area contributed by atoms with Crippen molar-refractivity contribution in [1.82, 2.24) is 10.2 Å². The van der Waals surface area contributed by atoms with E-state index in [4.69, 9.17) is 10.5 Å². The fourth-order valence-corrected chi connectivity index (χ4v) is 4.62. The lowest BCUT2D eigenvalue weighted by Crippen LogP contribution is -2.71. The molecule has 0 aliphatic carbocycles. The van der Waals surface area contributed by atoms with E-state index >= 15 is 0 Å². The molecule has 11 nitrogen and oxygen atoms in total. The number of hydrogen-bond donors (Lipinski definition) is 4. The van der Waals surface area contributed by atoms with Gasteiger partial charge in [-0.2, -0.15) is 0 Å². The number of ketones is 1. The van der Waals surface area contributed by atoms with Crippen molar-refractivity contribution >= 4 is 41.3 Å². The Bertz CT molecular complexity index is 1010. The summed E-state index contributed by atoms with van der Waals surface area (Å²) in [6.07, 6.45) is -0.427. The SMILES string of the molecule is CC(=O)CC(=O)OCC1=C(C(=O)O)N2C(=O)[C@@H](NC(=O)C(N)c3ccc(O)cc3)[C@H]2SC1. The van der Waals surface area contributed by atoms with E-state index in [0.29, 0.717) is 5.56 Å². The Hall–Kier alpha value is -3.38. The molecule has 0 aromatic heterocycles. The number of nitrogens with zero attached hydrogens (tertiary/aromatic N) is 1. The number of phenols is 1. The summed E-state index contributed by atoms with van der Waals surface area (Å²) in [7, 11) is 0. The van der Waals surface area contributed by atoms with E-state index in [9.17, 15) is 34.2 Å². The lowest BCUT2D eigenvalue weighted by molar-refractivity contribution is -0.151. The lowest BCUT2D eigenvalue weighted by Gasteiger charge is -2.49. The zero-order valence-corrected chi connectivity index (χ0v) is 17.8. The van der Waals surface area contributed by atoms with Crippen LogP contribution in [0.25, 0.3) is 0 Å². The van der Waals surface area contributed by atoms with Crippen LogP contribution in [0.4, 0.5) is 0 Å². The van der Waals surface area contributed by atoms with Crippen LogP contribution < -0.4 is 11.1 Å². The molecule has 2 amide bonds. The topological polar surface area (TPSA) is 176 Å². The van der Waals surface area contributed by atoms with Crippen LogP contribution in [0.5, 0.6) is 5.75 Å². The number of β-lactam (4-membered cyclic amide) rings is 1. The molecule has 0 spiro atoms. The second-order valence-electron chi connectivity index (χ2n) is 7.26. The summed E-state index contributed by atoms with van der Waals surface area (Å²) in [5.41, 5.74) is 6.27. The van der Waals surface area contributed by atoms with Gasteiger partial charge in [0.2, 0.25) is 5.91 Å². The molecule has 32 heavy (non-hydrogen) atoms. The van der Waals surface area contributed by atoms with Gasteiger partial charge in [-0.3, -0.25) is 24.1 Å². The minimum Gasteiger partial charge on any atom is -0.508 e. The van der Waals surface area contributed by atoms with Crippen molar-refractivity contribution in [2.45, 2.75) is 30.8 Å². The Kier molecular flexibility index (Phi) is 6.84. The number of rotatable bonds is 8. The minimum atomic E-state index is -1.37. The third-order valence-corrected chi connectivity index (χ3v) is 6.22. The third-order valence-electron chi connectivity index (χ3n) is 4.88. The Morgan fingerprint density at radius 1 is 1.28 bits per heavy atom. The number of carbonyl (C=O) groups is 5. The van der Waals surface area contributed by atoms with Gasteiger partial charge >= 0.3 is 11.9 Å². The van der Waals surface area contributed by atoms with Crippen molar-refractivity contribution in [1.29, 1.82) is 0 Å². The van der Waals surface area contributed by atoms with Gasteiger partial charge in [-0.1, -0.05) is 12.1 Å². The van der Waals surface area contributed by atoms with Crippen LogP contribution in [0, 0.1) is 0 Å². The number of carbonyl (C=O) groups excluding carboxylic acids is 4. The average molecular weight is 463 g/mol. The molecular weight excluding hydrogens is 442 g/mol. The van der Waals surface area contributed by atoms with Gasteiger partial charge in [-0.05, 0) is 24.6 Å². The molecule has 1 unspecified atom stereocenters. The summed E-state index contributed by atoms with van der Waals surface area (Å²) in [5, 5.41) is 20.8. The zero-order chi connectivity index (χ0) is 23.6. The Morgan fingerprint density at radius 3 is 2.53 bits per heavy atom. The second kappa shape index (κ2) is 9.40. The van der Waals surface area contributed by atoms with Gasteiger partial charge in [0.1, 0.15) is 47.7 Å². The van der Waals surface area contributed by atoms with Crippen LogP contribution in [0.15, 0.2) is 35.5 Å². The van der Waals surface area contributed by atoms with Gasteiger partial charge in [0.25, 0.3) is 5.91 Å². The lowest BCUT2D eigenvalue weighted by atomic mass is 10.0. The number of ether oxygens (including phenoxy) is 1. The van der Waals surface area contributed by atoms with Gasteiger partial charge in [0.05, 0.1) is 0 Å². The summed E-state index contributed by atoms with van der Waals surface area (Å²) >= 11 is 1.21. The first-order chi connectivity index (χ1) is 15.1. The van der Waals surface area contributed by atoms with E-state index in [1.54, 1.807) is 0 Å². The summed E-state index contributed by atoms with van der Waals surface area (Å²) in [6, 6.07) is 3.67. The number of nitrogens with one attached hydrogen (secondary N) is 1. The molecule has 1 fully saturated rings. The van der Waals surface area contributed by atoms with Crippen LogP contribution in [0.1, 0.15) is 24.9 Å². The monoisotopic (exact) mass is 463 g/mol. The molecule has 1 saturated heterocycles. The molecule has 3 rings (SSSR count). The first kappa shape index (κ1) is 23.3. The van der Waals surface area contributed by atoms with Crippen LogP contribution in [-0.2, 0) is 28.7 Å². The highest BCUT2D eigenvalue weighted by Crippen LogP contribution is 2.40. The van der Waals surface area contributed by atoms with Crippen molar-refractivity contribution in [3.8, 4) is 5.75 Å². The van der Waals surface area contributed by atoms with Crippen LogP contribution in [0.2, 0.25) is 0 Å². The van der Waals surface area contributed by atoms with Gasteiger partial charge in [0, 0.05) is 11.3 Å². The predicted octanol–water partition coefficient (Wildman–Crippen LogP) is -0.347. The number of nitrogens with two attached hydrogens (primary N) is 1. The van der Waals surface area contributed by atoms with Crippen molar-refractivity contribution in [3.05, 3.63) is 41.1 Å². The molecule has 2 heterocycles. The number of hydrogen-bond acceptors (Lipinski definition) is 9. The van der Waals surface area contributed by atoms with E-state index in [1.165, 1.54) is 43.0 Å². The van der Waals surface area contributed by atoms with Crippen molar-refractivity contribution < 1.29 is 38.9 Å². The molecule has 1 aromatic carbocycles. The van der Waals surface area contributed by atoms with Crippen LogP contribution in [-0.4, -0.2) is 68.4 Å². The van der Waals surface area contributed by atoms with E-state index in [1.807, 2.05) is 0 Å². The van der Waals surface area contributed by atoms with Crippen molar-refractivity contribution in [3.63, 3.8) is 0 Å². The molecule has 5 N–H and O–H groups in total. The maximum absolute atomic E-state index is 12.7. The number of Topliss-reactive ketones (excluding diaryl/α,β-unsaturated/α-hetero) is 1. The van der Waals surface area contributed by atoms with Gasteiger partial charge in [-0.25, -0.2) is 4.79 Å². The average Bonchev–Trinajstić information content (AvgIpc) is 2.74. The van der Waals surface area contributed by atoms with E-state index < -0.39 is 47.6 Å². The number of phenolic OH excluding ortho intramolecular Hbond substituents is 1. The maximum atomic E-state index is 12.7. The highest BCUT2D eigenvalue weighted by atomic mass is 32.2. The molecule has 0 bridgehead atoms. The Balaban J connectivity index is 1.68. The molecule has 3 atom stereocenters. The molecule has 12 heteroatoms. The minimum absolute atomic E-state index is 0.0144. The number of thioether (sulfide) groups is 1. The standard InChI is InChI=1S/C20H21N3O8S/c1-9(24)6-13(26)31-7-11-8-32-19-15(18(28)23(19)16(11)20(29)30)22-17(27)14(21)10-2-4-12(25)5-3-10/h2-5,14-15,19,25H,6-8,21H2,1H3,(H,22,27)(H,29,30)/t14?,15-,19-/m1/s1. The quantitative estimate of drug-likeness (QED) is 0.226. The molecule has 2 aliphatic rings. The number of aromatic hydroxyl groups is 1. The van der Waals surface area contributed by atoms with E-state index in [0.717, 1.165) is 4.90 Å². The number of esters is 1. The molecule has 1 aromatic rings. The number of carboxylic acids is 1. The Labute approximate surface area is 186 Å². The van der Waals surface area contributed by atoms with E-state index in [2.05, 4.69) is 5.32 Å². The highest BCUT2D eigenvalue weighted by Gasteiger charge is 2.54. The summed E-state index contributed by atoms with van der Waals surface area (Å²) < 4.78 is 4.96. The first-order valence-corrected chi connectivity index (χ1v) is 10.5. The smallest absolute Gasteiger partial charge is 0.352 e. The zero-order valence-electron chi connectivity index (χ0n) is 16.9. The van der Waals surface area contributed by atoms with Crippen LogP contribution >= 0.6 is 11.8 Å². The van der Waals surface area contributed by atoms with Crippen molar-refractivity contribution in [2.24, 2.45) is 5.73 Å².